The quantitative estimate of drug-likeness (QED) is 0.351. The van der Waals surface area contributed by atoms with E-state index in [0.29, 0.717) is 5.92 Å². The average Bonchev–Trinajstić information content (AvgIpc) is 1.90. The lowest BCUT2D eigenvalue weighted by atomic mass is 10.1. The second kappa shape index (κ2) is 2.37. The van der Waals surface area contributed by atoms with Crippen molar-refractivity contribution in [2.24, 2.45) is 5.92 Å². The molecule has 0 saturated heterocycles. The summed E-state index contributed by atoms with van der Waals surface area (Å²) in [6.45, 7) is 3.63. The maximum absolute atomic E-state index is 3.63. The molecule has 0 aromatic rings. The fourth-order valence-corrected chi connectivity index (χ4v) is 0.636. The van der Waals surface area contributed by atoms with Crippen LogP contribution in [0.15, 0.2) is 24.8 Å². The zero-order valence-corrected chi connectivity index (χ0v) is 4.72. The number of rotatable bonds is 1. The molecule has 1 atom stereocenters. The van der Waals surface area contributed by atoms with Crippen molar-refractivity contribution in [1.29, 1.82) is 0 Å². The predicted octanol–water partition coefficient (Wildman–Crippen LogP) is 1.75. The van der Waals surface area contributed by atoms with Gasteiger partial charge in [-0.15, -0.1) is 6.58 Å². The normalized spacial score (nSPS) is 23.8. The largest absolute Gasteiger partial charge is 0.102 e. The lowest BCUT2D eigenvalue weighted by Crippen LogP contribution is -1.87. The van der Waals surface area contributed by atoms with E-state index < -0.39 is 0 Å². The second-order valence-electron chi connectivity index (χ2n) is 1.71. The highest BCUT2D eigenvalue weighted by atomic mass is 14.0. The van der Waals surface area contributed by atoms with Crippen molar-refractivity contribution in [2.45, 2.75) is 6.42 Å². The molecule has 0 aromatic carbocycles. The molecule has 0 fully saturated rings. The summed E-state index contributed by atoms with van der Waals surface area (Å²) in [5, 5.41) is 0. The van der Waals surface area contributed by atoms with E-state index in [0.717, 1.165) is 6.42 Å². The van der Waals surface area contributed by atoms with Crippen LogP contribution in [-0.4, -0.2) is 0 Å². The Kier molecular flexibility index (Phi) is 1.54. The Morgan fingerprint density at radius 3 is 3.00 bits per heavy atom. The highest BCUT2D eigenvalue weighted by Gasteiger charge is 1.92. The summed E-state index contributed by atoms with van der Waals surface area (Å²) in [5.41, 5.74) is 0. The van der Waals surface area contributed by atoms with Crippen LogP contribution in [0, 0.1) is 17.8 Å². The Morgan fingerprint density at radius 2 is 2.62 bits per heavy atom. The fraction of sp³-hybridized carbons (Fsp3) is 0.250. The molecular weight excluding hydrogens is 96.1 g/mol. The molecule has 0 nitrogen and oxygen atoms in total. The van der Waals surface area contributed by atoms with E-state index in [-0.39, 0.29) is 0 Å². The topological polar surface area (TPSA) is 0 Å². The van der Waals surface area contributed by atoms with Gasteiger partial charge in [0, 0.05) is 6.42 Å². The molecule has 1 aliphatic carbocycles. The van der Waals surface area contributed by atoms with E-state index >= 15 is 0 Å². The van der Waals surface area contributed by atoms with E-state index in [1.807, 2.05) is 6.08 Å². The van der Waals surface area contributed by atoms with Crippen LogP contribution in [0.2, 0.25) is 0 Å². The molecule has 0 heteroatoms. The van der Waals surface area contributed by atoms with Crippen molar-refractivity contribution in [3.05, 3.63) is 24.8 Å². The maximum atomic E-state index is 3.63. The van der Waals surface area contributed by atoms with Crippen LogP contribution in [0.3, 0.4) is 0 Å². The van der Waals surface area contributed by atoms with E-state index in [9.17, 15) is 0 Å². The first-order valence-electron chi connectivity index (χ1n) is 2.71. The molecule has 8 heavy (non-hydrogen) atoms. The lowest BCUT2D eigenvalue weighted by molar-refractivity contribution is 1.09. The summed E-state index contributed by atoms with van der Waals surface area (Å²) in [7, 11) is 0. The Morgan fingerprint density at radius 1 is 1.75 bits per heavy atom. The van der Waals surface area contributed by atoms with Gasteiger partial charge in [0.05, 0.1) is 5.92 Å². The van der Waals surface area contributed by atoms with Crippen LogP contribution in [0.25, 0.3) is 0 Å². The maximum Gasteiger partial charge on any atom is 0.0561 e. The van der Waals surface area contributed by atoms with Crippen molar-refractivity contribution in [2.75, 3.05) is 0 Å². The van der Waals surface area contributed by atoms with Gasteiger partial charge >= 0.3 is 0 Å². The molecule has 1 aliphatic rings. The third-order valence-electron chi connectivity index (χ3n) is 1.09. The second-order valence-corrected chi connectivity index (χ2v) is 1.71. The van der Waals surface area contributed by atoms with Crippen LogP contribution in [0.4, 0.5) is 0 Å². The molecule has 40 valence electrons. The number of allylic oxidation sites excluding steroid dienone is 3. The van der Waals surface area contributed by atoms with Crippen molar-refractivity contribution >= 4 is 0 Å². The van der Waals surface area contributed by atoms with Crippen LogP contribution in [-0.2, 0) is 0 Å². The van der Waals surface area contributed by atoms with Gasteiger partial charge < -0.3 is 0 Å². The van der Waals surface area contributed by atoms with Gasteiger partial charge in [-0.05, 0) is 0 Å². The standard InChI is InChI=1S/C8H8/c1-2-8-6-4-3-5-7-8/h2,4,6,8H,1,3H2. The molecule has 0 heterocycles. The van der Waals surface area contributed by atoms with Crippen LogP contribution >= 0.6 is 0 Å². The zero-order chi connectivity index (χ0) is 5.82. The van der Waals surface area contributed by atoms with Crippen molar-refractivity contribution in [1.82, 2.24) is 0 Å². The van der Waals surface area contributed by atoms with Gasteiger partial charge in [0.2, 0.25) is 0 Å². The molecule has 1 unspecified atom stereocenters. The van der Waals surface area contributed by atoms with Crippen molar-refractivity contribution < 1.29 is 0 Å². The highest BCUT2D eigenvalue weighted by molar-refractivity contribution is 5.22. The first-order valence-corrected chi connectivity index (χ1v) is 2.71. The molecule has 0 bridgehead atoms. The Labute approximate surface area is 49.9 Å². The molecule has 0 saturated carbocycles. The lowest BCUT2D eigenvalue weighted by Gasteiger charge is -1.97. The summed E-state index contributed by atoms with van der Waals surface area (Å²) in [6, 6.07) is 0. The third-order valence-corrected chi connectivity index (χ3v) is 1.09. The number of hydrogen-bond donors (Lipinski definition) is 0. The molecule has 0 N–H and O–H groups in total. The molecule has 1 rings (SSSR count). The van der Waals surface area contributed by atoms with E-state index in [1.54, 1.807) is 0 Å². The van der Waals surface area contributed by atoms with Gasteiger partial charge in [-0.3, -0.25) is 0 Å². The van der Waals surface area contributed by atoms with E-state index in [1.165, 1.54) is 0 Å². The minimum Gasteiger partial charge on any atom is -0.102 e. The van der Waals surface area contributed by atoms with Crippen LogP contribution in [0.5, 0.6) is 0 Å². The minimum atomic E-state index is 0.309. The SMILES string of the molecule is C=CC1C#CCC=C1. The monoisotopic (exact) mass is 104 g/mol. The molecular formula is C8H8. The molecule has 0 amide bonds. The number of hydrogen-bond acceptors (Lipinski definition) is 0. The fourth-order valence-electron chi connectivity index (χ4n) is 0.636. The smallest absolute Gasteiger partial charge is 0.0561 e. The molecule has 0 radical (unpaired) electrons. The van der Waals surface area contributed by atoms with E-state index in [2.05, 4.69) is 30.6 Å². The van der Waals surface area contributed by atoms with Crippen molar-refractivity contribution in [3.8, 4) is 11.8 Å². The first-order chi connectivity index (χ1) is 3.93. The molecule has 0 spiro atoms. The highest BCUT2D eigenvalue weighted by Crippen LogP contribution is 2.02. The van der Waals surface area contributed by atoms with Crippen LogP contribution in [0.1, 0.15) is 6.42 Å². The minimum absolute atomic E-state index is 0.309. The first kappa shape index (κ1) is 5.18. The Bertz CT molecular complexity index is 164. The summed E-state index contributed by atoms with van der Waals surface area (Å²) in [6.07, 6.45) is 6.90. The van der Waals surface area contributed by atoms with Gasteiger partial charge in [-0.1, -0.05) is 30.1 Å². The predicted molar refractivity (Wildman–Crippen MR) is 35.2 cm³/mol. The van der Waals surface area contributed by atoms with Gasteiger partial charge in [-0.2, -0.15) is 0 Å². The summed E-state index contributed by atoms with van der Waals surface area (Å²) < 4.78 is 0. The van der Waals surface area contributed by atoms with Gasteiger partial charge in [0.15, 0.2) is 0 Å². The van der Waals surface area contributed by atoms with Gasteiger partial charge in [0.1, 0.15) is 0 Å². The van der Waals surface area contributed by atoms with Gasteiger partial charge in [0.25, 0.3) is 0 Å². The summed E-state index contributed by atoms with van der Waals surface area (Å²) in [5.74, 6) is 6.30. The van der Waals surface area contributed by atoms with Crippen molar-refractivity contribution in [3.63, 3.8) is 0 Å². The van der Waals surface area contributed by atoms with Gasteiger partial charge in [-0.25, -0.2) is 0 Å². The average molecular weight is 104 g/mol. The summed E-state index contributed by atoms with van der Waals surface area (Å²) in [4.78, 5) is 0. The van der Waals surface area contributed by atoms with Crippen LogP contribution < -0.4 is 0 Å². The third kappa shape index (κ3) is 1.01. The zero-order valence-electron chi connectivity index (χ0n) is 4.72. The summed E-state index contributed by atoms with van der Waals surface area (Å²) >= 11 is 0. The molecule has 0 aromatic heterocycles. The Hall–Kier alpha value is -0.960. The molecule has 0 aliphatic heterocycles. The Balaban J connectivity index is 2.63. The van der Waals surface area contributed by atoms with E-state index in [4.69, 9.17) is 0 Å².